The molecular weight excluding hydrogens is 432 g/mol. The highest BCUT2D eigenvalue weighted by molar-refractivity contribution is 7.21. The average Bonchev–Trinajstić information content (AvgIpc) is 3.18. The lowest BCUT2D eigenvalue weighted by atomic mass is 9.89. The lowest BCUT2D eigenvalue weighted by Gasteiger charge is -2.14. The number of aryl methyl sites for hydroxylation is 5. The van der Waals surface area contributed by atoms with Crippen molar-refractivity contribution in [3.05, 3.63) is 94.4 Å². The number of aliphatic imine (C=N–C) groups is 1. The SMILES string of the molecule is C=N/C=C\c1c(C)c2cnccc2c2c(-c3c(C)cccc3C)sc(-c3c(C)cccc3C)c12. The summed E-state index contributed by atoms with van der Waals surface area (Å²) in [5.74, 6) is 0. The van der Waals surface area contributed by atoms with Crippen molar-refractivity contribution in [1.82, 2.24) is 4.98 Å². The number of hydrogen-bond donors (Lipinski definition) is 0. The summed E-state index contributed by atoms with van der Waals surface area (Å²) in [5, 5.41) is 5.01. The van der Waals surface area contributed by atoms with Crippen LogP contribution < -0.4 is 0 Å². The van der Waals surface area contributed by atoms with E-state index in [9.17, 15) is 0 Å². The van der Waals surface area contributed by atoms with E-state index >= 15 is 0 Å². The van der Waals surface area contributed by atoms with Crippen molar-refractivity contribution in [1.29, 1.82) is 0 Å². The van der Waals surface area contributed by atoms with Crippen LogP contribution in [0.3, 0.4) is 0 Å². The number of nitrogens with zero attached hydrogens (tertiary/aromatic N) is 2. The second-order valence-corrected chi connectivity index (χ2v) is 10.0. The van der Waals surface area contributed by atoms with Crippen LogP contribution in [-0.4, -0.2) is 11.7 Å². The zero-order chi connectivity index (χ0) is 24.0. The van der Waals surface area contributed by atoms with Crippen LogP contribution in [0.15, 0.2) is 66.1 Å². The van der Waals surface area contributed by atoms with Crippen molar-refractivity contribution >= 4 is 45.7 Å². The van der Waals surface area contributed by atoms with E-state index in [1.165, 1.54) is 75.8 Å². The molecule has 0 radical (unpaired) electrons. The van der Waals surface area contributed by atoms with E-state index in [2.05, 4.69) is 99.9 Å². The largest absolute Gasteiger partial charge is 0.272 e. The van der Waals surface area contributed by atoms with Crippen molar-refractivity contribution in [3.63, 3.8) is 0 Å². The first-order valence-electron chi connectivity index (χ1n) is 11.5. The fourth-order valence-electron chi connectivity index (χ4n) is 5.22. The molecule has 3 aromatic carbocycles. The summed E-state index contributed by atoms with van der Waals surface area (Å²) in [7, 11) is 0. The topological polar surface area (TPSA) is 25.2 Å². The summed E-state index contributed by atoms with van der Waals surface area (Å²) >= 11 is 1.91. The number of aromatic nitrogens is 1. The minimum absolute atomic E-state index is 1.18. The van der Waals surface area contributed by atoms with Gasteiger partial charge >= 0.3 is 0 Å². The first-order valence-corrected chi connectivity index (χ1v) is 12.3. The summed E-state index contributed by atoms with van der Waals surface area (Å²) in [5.41, 5.74) is 10.2. The number of hydrogen-bond acceptors (Lipinski definition) is 3. The highest BCUT2D eigenvalue weighted by atomic mass is 32.1. The molecule has 0 atom stereocenters. The Hall–Kier alpha value is -3.56. The molecule has 0 N–H and O–H groups in total. The summed E-state index contributed by atoms with van der Waals surface area (Å²) in [6, 6.07) is 15.3. The van der Waals surface area contributed by atoms with Gasteiger partial charge in [-0.1, -0.05) is 36.4 Å². The van der Waals surface area contributed by atoms with E-state index < -0.39 is 0 Å². The van der Waals surface area contributed by atoms with E-state index in [4.69, 9.17) is 0 Å². The molecule has 0 unspecified atom stereocenters. The highest BCUT2D eigenvalue weighted by Crippen LogP contribution is 2.51. The van der Waals surface area contributed by atoms with E-state index in [0.29, 0.717) is 0 Å². The molecule has 3 heteroatoms. The Morgan fingerprint density at radius 1 is 0.765 bits per heavy atom. The molecule has 0 saturated carbocycles. The molecule has 168 valence electrons. The van der Waals surface area contributed by atoms with Gasteiger partial charge in [0.2, 0.25) is 0 Å². The second-order valence-electron chi connectivity index (χ2n) is 9.00. The molecule has 2 aromatic heterocycles. The zero-order valence-corrected chi connectivity index (χ0v) is 21.2. The fraction of sp³-hybridized carbons (Fsp3) is 0.161. The van der Waals surface area contributed by atoms with E-state index in [-0.39, 0.29) is 0 Å². The Bertz CT molecular complexity index is 1580. The Balaban J connectivity index is 2.10. The standard InChI is InChI=1S/C31H28N2S/c1-18-9-7-10-19(2)26(18)30-28-23(13-15-32-6)22(5)25-17-33-16-14-24(25)29(28)31(34-30)27-20(3)11-8-12-21(27)4/h7-17H,6H2,1-5H3/b15-13-. The Labute approximate surface area is 205 Å². The molecule has 34 heavy (non-hydrogen) atoms. The van der Waals surface area contributed by atoms with Crippen LogP contribution in [0, 0.1) is 34.6 Å². The Morgan fingerprint density at radius 2 is 1.32 bits per heavy atom. The molecule has 2 heterocycles. The maximum Gasteiger partial charge on any atom is 0.0439 e. The molecule has 5 rings (SSSR count). The third-order valence-corrected chi connectivity index (χ3v) is 8.06. The predicted molar refractivity (Wildman–Crippen MR) is 150 cm³/mol. The van der Waals surface area contributed by atoms with Gasteiger partial charge in [-0.15, -0.1) is 11.3 Å². The van der Waals surface area contributed by atoms with Crippen molar-refractivity contribution in [2.75, 3.05) is 0 Å². The molecule has 0 fully saturated rings. The summed E-state index contributed by atoms with van der Waals surface area (Å²) in [6.07, 6.45) is 7.81. The summed E-state index contributed by atoms with van der Waals surface area (Å²) < 4.78 is 0. The summed E-state index contributed by atoms with van der Waals surface area (Å²) in [6.45, 7) is 14.7. The maximum absolute atomic E-state index is 4.48. The van der Waals surface area contributed by atoms with Gasteiger partial charge in [-0.2, -0.15) is 0 Å². The predicted octanol–water partition coefficient (Wildman–Crippen LogP) is 9.00. The van der Waals surface area contributed by atoms with E-state index in [0.717, 1.165) is 0 Å². The molecule has 5 aromatic rings. The lowest BCUT2D eigenvalue weighted by Crippen LogP contribution is -1.92. The van der Waals surface area contributed by atoms with Crippen molar-refractivity contribution < 1.29 is 0 Å². The smallest absolute Gasteiger partial charge is 0.0439 e. The van der Waals surface area contributed by atoms with Crippen LogP contribution in [0.5, 0.6) is 0 Å². The number of pyridine rings is 1. The van der Waals surface area contributed by atoms with Crippen molar-refractivity contribution in [2.45, 2.75) is 34.6 Å². The van der Waals surface area contributed by atoms with Gasteiger partial charge in [0, 0.05) is 44.5 Å². The highest BCUT2D eigenvalue weighted by Gasteiger charge is 2.24. The van der Waals surface area contributed by atoms with Crippen LogP contribution >= 0.6 is 11.3 Å². The number of benzene rings is 3. The monoisotopic (exact) mass is 460 g/mol. The van der Waals surface area contributed by atoms with Crippen LogP contribution in [0.1, 0.15) is 33.4 Å². The summed E-state index contributed by atoms with van der Waals surface area (Å²) in [4.78, 5) is 11.2. The molecule has 0 saturated heterocycles. The molecule has 0 spiro atoms. The number of thiophene rings is 1. The lowest BCUT2D eigenvalue weighted by molar-refractivity contribution is 1.35. The molecule has 0 bridgehead atoms. The van der Waals surface area contributed by atoms with Crippen molar-refractivity contribution in [3.8, 4) is 20.9 Å². The third kappa shape index (κ3) is 3.39. The number of fused-ring (bicyclic) bond motifs is 3. The molecule has 2 nitrogen and oxygen atoms in total. The molecule has 0 aliphatic rings. The van der Waals surface area contributed by atoms with Crippen LogP contribution in [-0.2, 0) is 0 Å². The molecule has 0 amide bonds. The third-order valence-electron chi connectivity index (χ3n) is 6.84. The maximum atomic E-state index is 4.48. The van der Waals surface area contributed by atoms with Gasteiger partial charge in [-0.05, 0) is 103 Å². The van der Waals surface area contributed by atoms with E-state index in [1.807, 2.05) is 23.7 Å². The minimum atomic E-state index is 1.18. The first-order chi connectivity index (χ1) is 16.4. The van der Waals surface area contributed by atoms with Gasteiger partial charge in [0.05, 0.1) is 0 Å². The Kier molecular flexibility index (Phi) is 5.66. The quantitative estimate of drug-likeness (QED) is 0.246. The van der Waals surface area contributed by atoms with Gasteiger partial charge in [-0.25, -0.2) is 0 Å². The van der Waals surface area contributed by atoms with Gasteiger partial charge in [0.15, 0.2) is 0 Å². The van der Waals surface area contributed by atoms with Gasteiger partial charge in [-0.3, -0.25) is 9.98 Å². The van der Waals surface area contributed by atoms with E-state index in [1.54, 1.807) is 6.20 Å². The van der Waals surface area contributed by atoms with Gasteiger partial charge < -0.3 is 0 Å². The minimum Gasteiger partial charge on any atom is -0.272 e. The van der Waals surface area contributed by atoms with Gasteiger partial charge in [0.25, 0.3) is 0 Å². The average molecular weight is 461 g/mol. The van der Waals surface area contributed by atoms with Crippen LogP contribution in [0.2, 0.25) is 0 Å². The normalized spacial score (nSPS) is 11.7. The first kappa shape index (κ1) is 22.2. The Morgan fingerprint density at radius 3 is 1.88 bits per heavy atom. The van der Waals surface area contributed by atoms with Crippen LogP contribution in [0.25, 0.3) is 48.5 Å². The van der Waals surface area contributed by atoms with Crippen molar-refractivity contribution in [2.24, 2.45) is 4.99 Å². The van der Waals surface area contributed by atoms with Crippen LogP contribution in [0.4, 0.5) is 0 Å². The van der Waals surface area contributed by atoms with Gasteiger partial charge in [0.1, 0.15) is 0 Å². The molecule has 0 aliphatic carbocycles. The molecular formula is C31H28N2S. The second kappa shape index (κ2) is 8.66. The molecule has 0 aliphatic heterocycles. The number of rotatable bonds is 4. The zero-order valence-electron chi connectivity index (χ0n) is 20.4. The fourth-order valence-corrected chi connectivity index (χ4v) is 6.90.